The van der Waals surface area contributed by atoms with Gasteiger partial charge in [0, 0.05) is 29.3 Å². The van der Waals surface area contributed by atoms with Gasteiger partial charge in [-0.2, -0.15) is 12.6 Å². The largest absolute Gasteiger partial charge is 0.480 e. The smallest absolute Gasteiger partial charge is 0.326 e. The van der Waals surface area contributed by atoms with Gasteiger partial charge < -0.3 is 37.5 Å². The van der Waals surface area contributed by atoms with Crippen molar-refractivity contribution in [3.63, 3.8) is 0 Å². The van der Waals surface area contributed by atoms with E-state index in [1.807, 2.05) is 24.3 Å². The van der Waals surface area contributed by atoms with Crippen molar-refractivity contribution in [2.24, 2.45) is 11.5 Å². The number of thiol groups is 1. The Kier molecular flexibility index (Phi) is 9.89. The topological polar surface area (TPSA) is 209 Å². The molecule has 3 unspecified atom stereocenters. The van der Waals surface area contributed by atoms with Gasteiger partial charge in [0.25, 0.3) is 0 Å². The van der Waals surface area contributed by atoms with Gasteiger partial charge in [-0.1, -0.05) is 18.2 Å². The van der Waals surface area contributed by atoms with E-state index in [0.29, 0.717) is 0 Å². The number of H-pyrrole nitrogens is 1. The number of aliphatic carboxylic acids is 1. The van der Waals surface area contributed by atoms with Crippen LogP contribution in [0.3, 0.4) is 0 Å². The highest BCUT2D eigenvalue weighted by Gasteiger charge is 2.26. The van der Waals surface area contributed by atoms with Crippen molar-refractivity contribution in [2.75, 3.05) is 12.3 Å². The molecule has 0 bridgehead atoms. The normalized spacial score (nSPS) is 13.5. The van der Waals surface area contributed by atoms with Gasteiger partial charge in [-0.3, -0.25) is 19.2 Å². The Morgan fingerprint density at radius 2 is 1.76 bits per heavy atom. The van der Waals surface area contributed by atoms with Crippen LogP contribution in [0, 0.1) is 0 Å². The average Bonchev–Trinajstić information content (AvgIpc) is 3.20. The van der Waals surface area contributed by atoms with Gasteiger partial charge in [0.05, 0.1) is 12.6 Å². The summed E-state index contributed by atoms with van der Waals surface area (Å²) in [6.07, 6.45) is 1.59. The molecule has 0 aliphatic rings. The van der Waals surface area contributed by atoms with E-state index in [0.717, 1.165) is 16.5 Å². The average molecular weight is 493 g/mol. The molecule has 1 aromatic carbocycles. The maximum Gasteiger partial charge on any atom is 0.326 e. The summed E-state index contributed by atoms with van der Waals surface area (Å²) in [5.74, 6) is -4.24. The molecule has 0 aliphatic heterocycles. The molecule has 1 aromatic heterocycles. The van der Waals surface area contributed by atoms with Crippen molar-refractivity contribution in [1.82, 2.24) is 20.9 Å². The van der Waals surface area contributed by atoms with Crippen LogP contribution in [-0.4, -0.2) is 70.1 Å². The van der Waals surface area contributed by atoms with Crippen molar-refractivity contribution >= 4 is 53.1 Å². The molecule has 184 valence electrons. The summed E-state index contributed by atoms with van der Waals surface area (Å²) in [6, 6.07) is 4.14. The van der Waals surface area contributed by atoms with Gasteiger partial charge in [-0.15, -0.1) is 0 Å². The Morgan fingerprint density at radius 3 is 2.41 bits per heavy atom. The lowest BCUT2D eigenvalue weighted by Crippen LogP contribution is -2.54. The summed E-state index contributed by atoms with van der Waals surface area (Å²) < 4.78 is 0. The number of primary amides is 1. The molecule has 1 heterocycles. The van der Waals surface area contributed by atoms with Crippen molar-refractivity contribution in [2.45, 2.75) is 37.4 Å². The van der Waals surface area contributed by atoms with Crippen LogP contribution in [0.4, 0.5) is 0 Å². The van der Waals surface area contributed by atoms with Crippen molar-refractivity contribution in [3.8, 4) is 0 Å². The summed E-state index contributed by atoms with van der Waals surface area (Å²) in [5.41, 5.74) is 12.8. The first kappa shape index (κ1) is 26.7. The Labute approximate surface area is 200 Å². The number of amides is 4. The maximum atomic E-state index is 12.3. The third-order valence-electron chi connectivity index (χ3n) is 5.00. The van der Waals surface area contributed by atoms with Gasteiger partial charge in [0.2, 0.25) is 23.6 Å². The molecule has 0 fully saturated rings. The summed E-state index contributed by atoms with van der Waals surface area (Å²) in [7, 11) is 0. The Balaban J connectivity index is 1.84. The number of nitrogens with two attached hydrogens (primary N) is 2. The van der Waals surface area contributed by atoms with E-state index in [-0.39, 0.29) is 25.0 Å². The molecule has 12 nitrogen and oxygen atoms in total. The van der Waals surface area contributed by atoms with E-state index in [1.54, 1.807) is 6.20 Å². The zero-order valence-electron chi connectivity index (χ0n) is 18.2. The molecule has 2 aromatic rings. The molecule has 34 heavy (non-hydrogen) atoms. The number of carbonyl (C=O) groups excluding carboxylic acids is 4. The maximum absolute atomic E-state index is 12.3. The van der Waals surface area contributed by atoms with Crippen molar-refractivity contribution < 1.29 is 29.1 Å². The summed E-state index contributed by atoms with van der Waals surface area (Å²) >= 11 is 4.00. The van der Waals surface area contributed by atoms with Crippen LogP contribution in [0.25, 0.3) is 10.9 Å². The second kappa shape index (κ2) is 12.6. The highest BCUT2D eigenvalue weighted by Crippen LogP contribution is 2.18. The lowest BCUT2D eigenvalue weighted by molar-refractivity contribution is -0.142. The van der Waals surface area contributed by atoms with Crippen molar-refractivity contribution in [1.29, 1.82) is 0 Å². The first-order chi connectivity index (χ1) is 16.1. The molecule has 2 rings (SSSR count). The Hall–Kier alpha value is -3.58. The van der Waals surface area contributed by atoms with Crippen LogP contribution in [0.15, 0.2) is 30.5 Å². The molecular formula is C21H28N6O6S. The van der Waals surface area contributed by atoms with Gasteiger partial charge in [-0.25, -0.2) is 4.79 Å². The molecule has 9 N–H and O–H groups in total. The van der Waals surface area contributed by atoms with E-state index in [4.69, 9.17) is 11.5 Å². The number of hydrogen-bond donors (Lipinski definition) is 8. The molecular weight excluding hydrogens is 464 g/mol. The summed E-state index contributed by atoms with van der Waals surface area (Å²) in [6.45, 7) is -0.442. The standard InChI is InChI=1S/C21H28N6O6S/c22-13(7-11-8-24-14-4-2-1-3-12(11)14)19(30)25-9-18(29)26-16(10-34)20(31)27-15(21(32)33)5-6-17(23)28/h1-4,8,13,15-16,24,34H,5-7,9-10,22H2,(H2,23,28)(H,25,30)(H,26,29)(H,27,31)(H,32,33). The Morgan fingerprint density at radius 1 is 1.06 bits per heavy atom. The fourth-order valence-electron chi connectivity index (χ4n) is 3.18. The van der Waals surface area contributed by atoms with E-state index in [1.165, 1.54) is 0 Å². The third kappa shape index (κ3) is 7.78. The summed E-state index contributed by atoms with van der Waals surface area (Å²) in [4.78, 5) is 62.1. The van der Waals surface area contributed by atoms with Gasteiger partial charge >= 0.3 is 5.97 Å². The molecule has 13 heteroatoms. The number of aromatic amines is 1. The second-order valence-corrected chi connectivity index (χ2v) is 7.96. The predicted molar refractivity (Wildman–Crippen MR) is 127 cm³/mol. The van der Waals surface area contributed by atoms with E-state index in [9.17, 15) is 29.1 Å². The first-order valence-corrected chi connectivity index (χ1v) is 11.1. The van der Waals surface area contributed by atoms with Crippen LogP contribution >= 0.6 is 12.6 Å². The zero-order valence-corrected chi connectivity index (χ0v) is 19.1. The van der Waals surface area contributed by atoms with Crippen LogP contribution < -0.4 is 27.4 Å². The quantitative estimate of drug-likeness (QED) is 0.153. The number of carbonyl (C=O) groups is 5. The zero-order chi connectivity index (χ0) is 25.3. The number of carboxylic acid groups (broad SMARTS) is 1. The van der Waals surface area contributed by atoms with Gasteiger partial charge in [0.1, 0.15) is 12.1 Å². The fourth-order valence-corrected chi connectivity index (χ4v) is 3.44. The van der Waals surface area contributed by atoms with E-state index >= 15 is 0 Å². The monoisotopic (exact) mass is 492 g/mol. The number of hydrogen-bond acceptors (Lipinski definition) is 7. The lowest BCUT2D eigenvalue weighted by Gasteiger charge is -2.20. The minimum absolute atomic E-state index is 0.131. The van der Waals surface area contributed by atoms with Crippen LogP contribution in [-0.2, 0) is 30.4 Å². The number of nitrogens with one attached hydrogen (secondary N) is 4. The molecule has 0 saturated carbocycles. The van der Waals surface area contributed by atoms with E-state index in [2.05, 4.69) is 33.6 Å². The summed E-state index contributed by atoms with van der Waals surface area (Å²) in [5, 5.41) is 17.1. The third-order valence-corrected chi connectivity index (χ3v) is 5.37. The number of fused-ring (bicyclic) bond motifs is 1. The SMILES string of the molecule is NC(=O)CCC(NC(=O)C(CS)NC(=O)CNC(=O)C(N)Cc1c[nH]c2ccccc12)C(=O)O. The van der Waals surface area contributed by atoms with E-state index < -0.39 is 54.3 Å². The van der Waals surface area contributed by atoms with Gasteiger partial charge in [0.15, 0.2) is 0 Å². The minimum atomic E-state index is -1.36. The van der Waals surface area contributed by atoms with Crippen LogP contribution in [0.1, 0.15) is 18.4 Å². The molecule has 0 aliphatic carbocycles. The highest BCUT2D eigenvalue weighted by molar-refractivity contribution is 7.80. The number of rotatable bonds is 13. The molecule has 3 atom stereocenters. The Bertz CT molecular complexity index is 1060. The number of aromatic nitrogens is 1. The molecule has 0 spiro atoms. The minimum Gasteiger partial charge on any atom is -0.480 e. The predicted octanol–water partition coefficient (Wildman–Crippen LogP) is -1.60. The highest BCUT2D eigenvalue weighted by atomic mass is 32.1. The number of para-hydroxylation sites is 1. The van der Waals surface area contributed by atoms with Crippen molar-refractivity contribution in [3.05, 3.63) is 36.0 Å². The molecule has 0 saturated heterocycles. The van der Waals surface area contributed by atoms with Gasteiger partial charge in [-0.05, 0) is 24.5 Å². The second-order valence-electron chi connectivity index (χ2n) is 7.59. The first-order valence-electron chi connectivity index (χ1n) is 10.4. The molecule has 0 radical (unpaired) electrons. The number of benzene rings is 1. The van der Waals surface area contributed by atoms with Crippen LogP contribution in [0.2, 0.25) is 0 Å². The fraction of sp³-hybridized carbons (Fsp3) is 0.381. The molecule has 4 amide bonds. The van der Waals surface area contributed by atoms with Crippen LogP contribution in [0.5, 0.6) is 0 Å². The number of carboxylic acids is 1. The lowest BCUT2D eigenvalue weighted by atomic mass is 10.1.